The van der Waals surface area contributed by atoms with E-state index in [2.05, 4.69) is 55.9 Å². The smallest absolute Gasteiger partial charge is 0.289 e. The Balaban J connectivity index is 2.19. The largest absolute Gasteiger partial charge is 0.350 e. The maximum atomic E-state index is 14.3. The van der Waals surface area contributed by atoms with Gasteiger partial charge in [0.15, 0.2) is 0 Å². The molecule has 1 aliphatic heterocycles. The molecule has 2 fully saturated rings. The average Bonchev–Trinajstić information content (AvgIpc) is 3.60. The highest BCUT2D eigenvalue weighted by molar-refractivity contribution is 7.77. The number of hydrogen-bond acceptors (Lipinski definition) is 8. The predicted octanol–water partition coefficient (Wildman–Crippen LogP) is 3.31. The summed E-state index contributed by atoms with van der Waals surface area (Å²) in [5, 5.41) is 12.6. The molecule has 1 saturated carbocycles. The van der Waals surface area contributed by atoms with Crippen LogP contribution in [0.15, 0.2) is 0 Å². The fourth-order valence-electron chi connectivity index (χ4n) is 5.68. The predicted molar refractivity (Wildman–Crippen MR) is 180 cm³/mol. The molecule has 0 aromatic rings. The fraction of sp³-hybridized carbons (Fsp3) is 0.879. The van der Waals surface area contributed by atoms with Gasteiger partial charge in [-0.2, -0.15) is 0 Å². The molecule has 0 aromatic heterocycles. The van der Waals surface area contributed by atoms with Gasteiger partial charge in [0.2, 0.25) is 17.6 Å². The van der Waals surface area contributed by atoms with E-state index >= 15 is 0 Å². The molecule has 4 atom stereocenters. The van der Waals surface area contributed by atoms with Crippen LogP contribution < -0.4 is 21.3 Å². The second-order valence-corrected chi connectivity index (χ2v) is 15.8. The maximum Gasteiger partial charge on any atom is 0.289 e. The molecule has 0 bridgehead atoms. The molecule has 10 nitrogen and oxygen atoms in total. The summed E-state index contributed by atoms with van der Waals surface area (Å²) in [4.78, 5) is 55.1. The van der Waals surface area contributed by atoms with Crippen molar-refractivity contribution in [3.8, 4) is 0 Å². The summed E-state index contributed by atoms with van der Waals surface area (Å²) < 4.78 is 1.99. The van der Waals surface area contributed by atoms with Gasteiger partial charge in [0.05, 0.1) is 12.1 Å². The molecule has 3 amide bonds. The fourth-order valence-corrected chi connectivity index (χ4v) is 5.95. The van der Waals surface area contributed by atoms with Crippen LogP contribution in [0.1, 0.15) is 107 Å². The minimum atomic E-state index is -0.890. The summed E-state index contributed by atoms with van der Waals surface area (Å²) in [6.45, 7) is 21.6. The highest BCUT2D eigenvalue weighted by Crippen LogP contribution is 2.34. The summed E-state index contributed by atoms with van der Waals surface area (Å²) in [6, 6.07) is -1.77. The average molecular weight is 639 g/mol. The second kappa shape index (κ2) is 17.3. The molecular weight excluding hydrogens is 576 g/mol. The molecule has 4 N–H and O–H groups in total. The Hall–Kier alpha value is -1.69. The topological polar surface area (TPSA) is 123 Å². The van der Waals surface area contributed by atoms with Crippen molar-refractivity contribution >= 4 is 36.3 Å². The molecule has 0 spiro atoms. The van der Waals surface area contributed by atoms with Crippen molar-refractivity contribution in [1.29, 1.82) is 0 Å². The molecule has 4 unspecified atom stereocenters. The summed E-state index contributed by atoms with van der Waals surface area (Å²) in [7, 11) is 0. The number of carbonyl (C=O) groups excluding carboxylic acids is 4. The number of carbonyl (C=O) groups is 4. The van der Waals surface area contributed by atoms with Gasteiger partial charge in [-0.3, -0.25) is 23.5 Å². The SMILES string of the molecule is CCNC(=O)C(=O)C(CCCC1CC1)NC(=O)C1CCCN1C(=O)C(NC(CN(S)CCNC(C)C)C(C)(C)C)C(C)(C)C. The highest BCUT2D eigenvalue weighted by atomic mass is 32.1. The summed E-state index contributed by atoms with van der Waals surface area (Å²) >= 11 is 4.74. The van der Waals surface area contributed by atoms with Gasteiger partial charge < -0.3 is 26.2 Å². The van der Waals surface area contributed by atoms with E-state index in [9.17, 15) is 19.2 Å². The number of likely N-dealkylation sites (N-methyl/N-ethyl adjacent to an activating group) is 1. The van der Waals surface area contributed by atoms with Crippen LogP contribution in [0.25, 0.3) is 0 Å². The molecule has 254 valence electrons. The Morgan fingerprint density at radius 1 is 1.00 bits per heavy atom. The minimum Gasteiger partial charge on any atom is -0.350 e. The number of Topliss-reactive ketones (excluding diaryl/α,β-unsaturated/α-hetero) is 1. The maximum absolute atomic E-state index is 14.3. The Labute approximate surface area is 272 Å². The molecule has 0 aromatic carbocycles. The Bertz CT molecular complexity index is 959. The van der Waals surface area contributed by atoms with Crippen molar-refractivity contribution in [1.82, 2.24) is 30.5 Å². The quantitative estimate of drug-likeness (QED) is 0.115. The Kier molecular flexibility index (Phi) is 15.1. The molecule has 44 heavy (non-hydrogen) atoms. The summed E-state index contributed by atoms with van der Waals surface area (Å²) in [6.07, 6.45) is 5.83. The van der Waals surface area contributed by atoms with Gasteiger partial charge >= 0.3 is 0 Å². The first-order valence-corrected chi connectivity index (χ1v) is 17.2. The van der Waals surface area contributed by atoms with Crippen LogP contribution in [0, 0.1) is 16.7 Å². The normalized spacial score (nSPS) is 19.6. The van der Waals surface area contributed by atoms with E-state index in [1.165, 1.54) is 12.8 Å². The van der Waals surface area contributed by atoms with Gasteiger partial charge in [0, 0.05) is 44.8 Å². The zero-order valence-corrected chi connectivity index (χ0v) is 29.8. The second-order valence-electron chi connectivity index (χ2n) is 15.3. The van der Waals surface area contributed by atoms with Crippen molar-refractivity contribution in [2.45, 2.75) is 137 Å². The van der Waals surface area contributed by atoms with E-state index < -0.39 is 35.2 Å². The van der Waals surface area contributed by atoms with Gasteiger partial charge in [0.1, 0.15) is 6.04 Å². The van der Waals surface area contributed by atoms with Crippen molar-refractivity contribution in [2.24, 2.45) is 16.7 Å². The van der Waals surface area contributed by atoms with Crippen LogP contribution in [0.3, 0.4) is 0 Å². The van der Waals surface area contributed by atoms with E-state index in [4.69, 9.17) is 12.8 Å². The molecule has 1 heterocycles. The molecule has 2 aliphatic rings. The number of ketones is 1. The standard InChI is InChI=1S/C33H62N6O4S/c1-10-34-30(42)27(40)24(14-11-13-23-16-17-23)36-29(41)25-15-12-19-39(25)31(43)28(33(7,8)9)37-26(32(4,5)6)21-38(44)20-18-35-22(2)3/h22-26,28,35,37,44H,10-21H2,1-9H3,(H,34,42)(H,36,41). The lowest BCUT2D eigenvalue weighted by Crippen LogP contribution is -2.62. The van der Waals surface area contributed by atoms with E-state index in [1.807, 2.05) is 25.1 Å². The number of nitrogens with one attached hydrogen (secondary N) is 4. The minimum absolute atomic E-state index is 0.0485. The zero-order valence-electron chi connectivity index (χ0n) is 28.9. The molecule has 1 aliphatic carbocycles. The molecular formula is C33H62N6O4S. The lowest BCUT2D eigenvalue weighted by atomic mass is 9.81. The van der Waals surface area contributed by atoms with Crippen LogP contribution in [0.5, 0.6) is 0 Å². The lowest BCUT2D eigenvalue weighted by Gasteiger charge is -2.42. The van der Waals surface area contributed by atoms with E-state index in [1.54, 1.807) is 11.8 Å². The first-order valence-electron chi connectivity index (χ1n) is 16.8. The Morgan fingerprint density at radius 3 is 2.20 bits per heavy atom. The van der Waals surface area contributed by atoms with Gasteiger partial charge in [-0.1, -0.05) is 93.9 Å². The number of likely N-dealkylation sites (tertiary alicyclic amines) is 1. The van der Waals surface area contributed by atoms with Gasteiger partial charge in [0.25, 0.3) is 5.91 Å². The molecule has 2 rings (SSSR count). The number of thiol groups is 1. The van der Waals surface area contributed by atoms with Crippen LogP contribution in [-0.4, -0.2) is 95.6 Å². The third-order valence-electron chi connectivity index (χ3n) is 8.68. The van der Waals surface area contributed by atoms with Gasteiger partial charge in [-0.15, -0.1) is 0 Å². The lowest BCUT2D eigenvalue weighted by molar-refractivity contribution is -0.144. The zero-order chi connectivity index (χ0) is 33.2. The van der Waals surface area contributed by atoms with Crippen molar-refractivity contribution in [3.05, 3.63) is 0 Å². The van der Waals surface area contributed by atoms with Gasteiger partial charge in [-0.25, -0.2) is 0 Å². The summed E-state index contributed by atoms with van der Waals surface area (Å²) in [5.74, 6) is -1.07. The molecule has 11 heteroatoms. The Morgan fingerprint density at radius 2 is 1.66 bits per heavy atom. The molecule has 1 saturated heterocycles. The van der Waals surface area contributed by atoms with Gasteiger partial charge in [-0.05, 0) is 42.9 Å². The van der Waals surface area contributed by atoms with Crippen LogP contribution >= 0.6 is 12.8 Å². The van der Waals surface area contributed by atoms with Crippen LogP contribution in [-0.2, 0) is 19.2 Å². The number of nitrogens with zero attached hydrogens (tertiary/aromatic N) is 2. The third kappa shape index (κ3) is 12.6. The number of hydrogen-bond donors (Lipinski definition) is 5. The monoisotopic (exact) mass is 638 g/mol. The number of amides is 3. The van der Waals surface area contributed by atoms with E-state index in [0.29, 0.717) is 50.9 Å². The first kappa shape index (κ1) is 38.5. The highest BCUT2D eigenvalue weighted by Gasteiger charge is 2.44. The first-order chi connectivity index (χ1) is 20.4. The van der Waals surface area contributed by atoms with E-state index in [0.717, 1.165) is 25.9 Å². The van der Waals surface area contributed by atoms with Crippen molar-refractivity contribution in [3.63, 3.8) is 0 Å². The van der Waals surface area contributed by atoms with E-state index in [-0.39, 0.29) is 23.3 Å². The van der Waals surface area contributed by atoms with Crippen LogP contribution in [0.4, 0.5) is 0 Å². The third-order valence-corrected chi connectivity index (χ3v) is 9.04. The van der Waals surface area contributed by atoms with Crippen molar-refractivity contribution in [2.75, 3.05) is 32.7 Å². The number of rotatable bonds is 18. The van der Waals surface area contributed by atoms with Crippen molar-refractivity contribution < 1.29 is 19.2 Å². The molecule has 0 radical (unpaired) electrons. The van der Waals surface area contributed by atoms with Crippen LogP contribution in [0.2, 0.25) is 0 Å². The summed E-state index contributed by atoms with van der Waals surface area (Å²) in [5.41, 5.74) is -0.588.